The van der Waals surface area contributed by atoms with Crippen LogP contribution in [0, 0.1) is 16.7 Å². The fourth-order valence-electron chi connectivity index (χ4n) is 4.49. The van der Waals surface area contributed by atoms with Gasteiger partial charge in [0.25, 0.3) is 0 Å². The third kappa shape index (κ3) is 2.31. The van der Waals surface area contributed by atoms with Crippen LogP contribution in [0.1, 0.15) is 42.4 Å². The molecule has 0 radical (unpaired) electrons. The molecule has 1 saturated heterocycles. The molecule has 1 aliphatic carbocycles. The lowest BCUT2D eigenvalue weighted by atomic mass is 9.48. The third-order valence-corrected chi connectivity index (χ3v) is 6.41. The largest absolute Gasteiger partial charge is 0.469 e. The fourth-order valence-corrected chi connectivity index (χ4v) is 5.30. The topological polar surface area (TPSA) is 46.6 Å². The molecule has 22 heavy (non-hydrogen) atoms. The summed E-state index contributed by atoms with van der Waals surface area (Å²) < 4.78 is 5.08. The summed E-state index contributed by atoms with van der Waals surface area (Å²) in [5.74, 6) is 0.414. The van der Waals surface area contributed by atoms with Crippen molar-refractivity contribution >= 4 is 23.1 Å². The first-order valence-corrected chi connectivity index (χ1v) is 8.55. The zero-order valence-electron chi connectivity index (χ0n) is 13.6. The standard InChI is InChI=1S/C17H23NO3S/c1-11(19)13-5-12(8-22-13)6-18-7-14-16(2,3)9-17(14,10-18)15(20)21-4/h5,8,14H,6-7,9-10H2,1-4H3/t14-,17+/m1/s1. The van der Waals surface area contributed by atoms with Crippen molar-refractivity contribution in [2.75, 3.05) is 20.2 Å². The van der Waals surface area contributed by atoms with Gasteiger partial charge in [-0.15, -0.1) is 11.3 Å². The number of ether oxygens (including phenoxy) is 1. The molecule has 3 rings (SSSR count). The lowest BCUT2D eigenvalue weighted by molar-refractivity contribution is -0.174. The van der Waals surface area contributed by atoms with Gasteiger partial charge in [0.15, 0.2) is 5.78 Å². The smallest absolute Gasteiger partial charge is 0.313 e. The Kier molecular flexibility index (Phi) is 3.68. The van der Waals surface area contributed by atoms with Crippen molar-refractivity contribution in [1.29, 1.82) is 0 Å². The molecule has 1 saturated carbocycles. The molecule has 1 aromatic rings. The van der Waals surface area contributed by atoms with Crippen molar-refractivity contribution in [2.45, 2.75) is 33.7 Å². The summed E-state index contributed by atoms with van der Waals surface area (Å²) in [7, 11) is 1.49. The van der Waals surface area contributed by atoms with E-state index in [4.69, 9.17) is 4.74 Å². The average molecular weight is 321 g/mol. The zero-order chi connectivity index (χ0) is 16.1. The lowest BCUT2D eigenvalue weighted by Crippen LogP contribution is -2.57. The van der Waals surface area contributed by atoms with E-state index in [-0.39, 0.29) is 22.6 Å². The first-order chi connectivity index (χ1) is 10.3. The summed E-state index contributed by atoms with van der Waals surface area (Å²) in [6.45, 7) is 8.56. The second-order valence-electron chi connectivity index (χ2n) is 7.41. The maximum absolute atomic E-state index is 12.3. The van der Waals surface area contributed by atoms with Crippen LogP contribution in [0.5, 0.6) is 0 Å². The predicted molar refractivity (Wildman–Crippen MR) is 85.9 cm³/mol. The molecule has 1 aliphatic heterocycles. The Hall–Kier alpha value is -1.20. The lowest BCUT2D eigenvalue weighted by Gasteiger charge is -2.54. The minimum Gasteiger partial charge on any atom is -0.469 e. The Balaban J connectivity index is 1.74. The van der Waals surface area contributed by atoms with E-state index in [1.54, 1.807) is 6.92 Å². The van der Waals surface area contributed by atoms with E-state index in [0.717, 1.165) is 36.5 Å². The van der Waals surface area contributed by atoms with Crippen molar-refractivity contribution in [2.24, 2.45) is 16.7 Å². The molecule has 0 bridgehead atoms. The number of hydrogen-bond acceptors (Lipinski definition) is 5. The van der Waals surface area contributed by atoms with Crippen LogP contribution in [0.4, 0.5) is 0 Å². The number of thiophene rings is 1. The van der Waals surface area contributed by atoms with Gasteiger partial charge in [0.1, 0.15) is 0 Å². The quantitative estimate of drug-likeness (QED) is 0.632. The fraction of sp³-hybridized carbons (Fsp3) is 0.647. The highest BCUT2D eigenvalue weighted by Gasteiger charge is 2.67. The van der Waals surface area contributed by atoms with Gasteiger partial charge in [-0.05, 0) is 41.7 Å². The number of hydrogen-bond donors (Lipinski definition) is 0. The molecular formula is C17H23NO3S. The zero-order valence-corrected chi connectivity index (χ0v) is 14.5. The molecular weight excluding hydrogens is 298 g/mol. The Morgan fingerprint density at radius 3 is 2.73 bits per heavy atom. The number of rotatable bonds is 4. The molecule has 0 N–H and O–H groups in total. The van der Waals surface area contributed by atoms with E-state index in [1.165, 1.54) is 18.4 Å². The summed E-state index contributed by atoms with van der Waals surface area (Å²) in [5, 5.41) is 2.05. The van der Waals surface area contributed by atoms with E-state index < -0.39 is 0 Å². The van der Waals surface area contributed by atoms with E-state index in [2.05, 4.69) is 18.7 Å². The minimum atomic E-state index is -0.322. The van der Waals surface area contributed by atoms with Gasteiger partial charge in [-0.2, -0.15) is 0 Å². The van der Waals surface area contributed by atoms with Crippen molar-refractivity contribution < 1.29 is 14.3 Å². The van der Waals surface area contributed by atoms with Gasteiger partial charge in [0, 0.05) is 19.6 Å². The van der Waals surface area contributed by atoms with Crippen LogP contribution >= 0.6 is 11.3 Å². The number of likely N-dealkylation sites (tertiary alicyclic amines) is 1. The van der Waals surface area contributed by atoms with Crippen LogP contribution in [0.3, 0.4) is 0 Å². The van der Waals surface area contributed by atoms with Crippen molar-refractivity contribution in [3.63, 3.8) is 0 Å². The Morgan fingerprint density at radius 2 is 2.18 bits per heavy atom. The van der Waals surface area contributed by atoms with Crippen LogP contribution in [0.25, 0.3) is 0 Å². The number of nitrogens with zero attached hydrogens (tertiary/aromatic N) is 1. The minimum absolute atomic E-state index is 0.0610. The number of esters is 1. The summed E-state index contributed by atoms with van der Waals surface area (Å²) >= 11 is 1.50. The van der Waals surface area contributed by atoms with Crippen molar-refractivity contribution in [1.82, 2.24) is 4.90 Å². The molecule has 2 fully saturated rings. The Morgan fingerprint density at radius 1 is 1.45 bits per heavy atom. The molecule has 5 heteroatoms. The van der Waals surface area contributed by atoms with Crippen molar-refractivity contribution in [3.8, 4) is 0 Å². The van der Waals surface area contributed by atoms with Gasteiger partial charge >= 0.3 is 5.97 Å². The molecule has 1 aromatic heterocycles. The summed E-state index contributed by atoms with van der Waals surface area (Å²) in [6.07, 6.45) is 0.899. The highest BCUT2D eigenvalue weighted by atomic mass is 32.1. The van der Waals surface area contributed by atoms with E-state index in [0.29, 0.717) is 5.92 Å². The molecule has 120 valence electrons. The molecule has 0 aromatic carbocycles. The maximum Gasteiger partial charge on any atom is 0.313 e. The molecule has 0 amide bonds. The molecule has 2 heterocycles. The summed E-state index contributed by atoms with van der Waals surface area (Å²) in [5.41, 5.74) is 1.04. The van der Waals surface area contributed by atoms with E-state index in [9.17, 15) is 9.59 Å². The molecule has 0 spiro atoms. The van der Waals surface area contributed by atoms with E-state index in [1.807, 2.05) is 11.4 Å². The van der Waals surface area contributed by atoms with Gasteiger partial charge in [-0.3, -0.25) is 14.5 Å². The second-order valence-corrected chi connectivity index (χ2v) is 8.32. The first-order valence-electron chi connectivity index (χ1n) is 7.67. The van der Waals surface area contributed by atoms with Crippen LogP contribution in [0.2, 0.25) is 0 Å². The van der Waals surface area contributed by atoms with Crippen LogP contribution < -0.4 is 0 Å². The normalized spacial score (nSPS) is 29.7. The molecule has 4 nitrogen and oxygen atoms in total. The number of Topliss-reactive ketones (excluding diaryl/α,β-unsaturated/α-hetero) is 1. The van der Waals surface area contributed by atoms with Crippen LogP contribution in [-0.2, 0) is 16.1 Å². The number of carbonyl (C=O) groups excluding carboxylic acids is 2. The Bertz CT molecular complexity index is 621. The highest BCUT2D eigenvalue weighted by molar-refractivity contribution is 7.12. The monoisotopic (exact) mass is 321 g/mol. The number of methoxy groups -OCH3 is 1. The average Bonchev–Trinajstić information content (AvgIpc) is 3.02. The molecule has 0 unspecified atom stereocenters. The van der Waals surface area contributed by atoms with Gasteiger partial charge < -0.3 is 4.74 Å². The van der Waals surface area contributed by atoms with Gasteiger partial charge in [-0.1, -0.05) is 13.8 Å². The SMILES string of the molecule is COC(=O)[C@@]12CN(Cc3csc(C(C)=O)c3)C[C@@H]1C(C)(C)C2. The van der Waals surface area contributed by atoms with Gasteiger partial charge in [0.05, 0.1) is 17.4 Å². The predicted octanol–water partition coefficient (Wildman–Crippen LogP) is 2.97. The van der Waals surface area contributed by atoms with Crippen LogP contribution in [-0.4, -0.2) is 36.9 Å². The van der Waals surface area contributed by atoms with E-state index >= 15 is 0 Å². The molecule has 2 atom stereocenters. The van der Waals surface area contributed by atoms with Crippen LogP contribution in [0.15, 0.2) is 11.4 Å². The number of carbonyl (C=O) groups is 2. The number of ketones is 1. The van der Waals surface area contributed by atoms with Crippen molar-refractivity contribution in [3.05, 3.63) is 21.9 Å². The second kappa shape index (κ2) is 5.17. The molecule has 2 aliphatic rings. The number of fused-ring (bicyclic) bond motifs is 1. The van der Waals surface area contributed by atoms with Gasteiger partial charge in [-0.25, -0.2) is 0 Å². The highest BCUT2D eigenvalue weighted by Crippen LogP contribution is 2.63. The Labute approximate surface area is 135 Å². The summed E-state index contributed by atoms with van der Waals surface area (Å²) in [4.78, 5) is 26.8. The third-order valence-electron chi connectivity index (χ3n) is 5.33. The maximum atomic E-state index is 12.3. The first kappa shape index (κ1) is 15.7. The van der Waals surface area contributed by atoms with Gasteiger partial charge in [0.2, 0.25) is 0 Å². The summed E-state index contributed by atoms with van der Waals surface area (Å²) in [6, 6.07) is 1.98.